The van der Waals surface area contributed by atoms with Gasteiger partial charge in [-0.1, -0.05) is 13.8 Å². The van der Waals surface area contributed by atoms with Crippen molar-refractivity contribution in [3.8, 4) is 0 Å². The molecule has 0 aromatic carbocycles. The van der Waals surface area contributed by atoms with Crippen LogP contribution in [0, 0.1) is 14.9 Å². The van der Waals surface area contributed by atoms with Crippen LogP contribution >= 0.6 is 0 Å². The second kappa shape index (κ2) is 94.4. The second-order valence-corrected chi connectivity index (χ2v) is 0. The van der Waals surface area contributed by atoms with Crippen LogP contribution in [0.2, 0.25) is 0 Å². The fourth-order valence-electron chi connectivity index (χ4n) is 0. The van der Waals surface area contributed by atoms with Gasteiger partial charge >= 0.3 is 21.1 Å². The average Bonchev–Trinajstić information content (AvgIpc) is 1.00. The monoisotopic (exact) mass is 612 g/mol. The summed E-state index contributed by atoms with van der Waals surface area (Å²) in [4.78, 5) is 0. The molecule has 0 N–H and O–H groups in total. The molecule has 7 heavy (non-hydrogen) atoms. The smallest absolute Gasteiger partial charge is 0.358 e. The Morgan fingerprint density at radius 1 is 0.714 bits per heavy atom. The zero-order valence-electron chi connectivity index (χ0n) is 5.22. The maximum absolute atomic E-state index is 2.00. The molecule has 0 aliphatic rings. The van der Waals surface area contributed by atoms with Gasteiger partial charge in [0.25, 0.3) is 0 Å². The summed E-state index contributed by atoms with van der Waals surface area (Å²) in [7, 11) is 0. The predicted molar refractivity (Wildman–Crippen MR) is 24.2 cm³/mol. The first-order chi connectivity index (χ1) is 1.00. The van der Waals surface area contributed by atoms with E-state index in [9.17, 15) is 0 Å². The average molecular weight is 612 g/mol. The largest absolute Gasteiger partial charge is 2.00 e. The van der Waals surface area contributed by atoms with Gasteiger partial charge in [-0.2, -0.15) is 0 Å². The molecule has 0 spiro atoms. The minimum absolute atomic E-state index is 0. The van der Waals surface area contributed by atoms with Crippen molar-refractivity contribution in [2.24, 2.45) is 0 Å². The van der Waals surface area contributed by atoms with Gasteiger partial charge in [-0.3, -0.25) is 0 Å². The van der Waals surface area contributed by atoms with Crippen LogP contribution in [0.4, 0.5) is 0 Å². The fourth-order valence-corrected chi connectivity index (χ4v) is 0. The van der Waals surface area contributed by atoms with E-state index in [0.717, 1.165) is 0 Å². The molecule has 0 aromatic rings. The Morgan fingerprint density at radius 3 is 0.714 bits per heavy atom. The molecule has 0 atom stereocenters. The fraction of sp³-hybridized carbons (Fsp3) is 0.500. The van der Waals surface area contributed by atoms with Gasteiger partial charge in [0.1, 0.15) is 0 Å². The SMILES string of the molecule is CC.[CH3-].[CH3-].[W+2].[W].[W]. The van der Waals surface area contributed by atoms with E-state index < -0.39 is 0 Å². The molecule has 0 nitrogen and oxygen atoms in total. The minimum Gasteiger partial charge on any atom is -0.358 e. The third-order valence-electron chi connectivity index (χ3n) is 0. The zero-order chi connectivity index (χ0) is 2.00. The molecule has 0 aliphatic heterocycles. The van der Waals surface area contributed by atoms with E-state index in [2.05, 4.69) is 0 Å². The van der Waals surface area contributed by atoms with Gasteiger partial charge in [0.05, 0.1) is 0 Å². The zero-order valence-corrected chi connectivity index (χ0v) is 14.0. The van der Waals surface area contributed by atoms with Crippen LogP contribution in [0.25, 0.3) is 0 Å². The molecule has 0 rings (SSSR count). The molecule has 3 heteroatoms. The normalized spacial score (nSPS) is 0.857. The molecule has 0 heterocycles. The van der Waals surface area contributed by atoms with Crippen molar-refractivity contribution in [3.63, 3.8) is 0 Å². The van der Waals surface area contributed by atoms with Crippen LogP contribution in [0.1, 0.15) is 13.8 Å². The molecule has 0 saturated carbocycles. The number of rotatable bonds is 0. The Balaban J connectivity index is -0.000000000500. The standard InChI is InChI=1S/C2H6.2CH3.3W/c1-2;;;;;/h1-2H3;2*1H3;;;/q;2*-1;;;+2. The van der Waals surface area contributed by atoms with Gasteiger partial charge in [-0.05, 0) is 0 Å². The van der Waals surface area contributed by atoms with Crippen molar-refractivity contribution in [1.82, 2.24) is 0 Å². The van der Waals surface area contributed by atoms with E-state index in [0.29, 0.717) is 0 Å². The molecule has 0 saturated heterocycles. The molecule has 0 radical (unpaired) electrons. The summed E-state index contributed by atoms with van der Waals surface area (Å²) in [5.41, 5.74) is 0. The minimum atomic E-state index is 0. The van der Waals surface area contributed by atoms with Crippen LogP contribution in [0.5, 0.6) is 0 Å². The molecule has 0 aliphatic carbocycles. The summed E-state index contributed by atoms with van der Waals surface area (Å²) in [6, 6.07) is 0. The summed E-state index contributed by atoms with van der Waals surface area (Å²) >= 11 is 0. The van der Waals surface area contributed by atoms with Crippen molar-refractivity contribution >= 4 is 0 Å². The van der Waals surface area contributed by atoms with E-state index in [1.54, 1.807) is 0 Å². The third-order valence-corrected chi connectivity index (χ3v) is 0. The Hall–Kier alpha value is 2.06. The van der Waals surface area contributed by atoms with Gasteiger partial charge in [0.2, 0.25) is 0 Å². The van der Waals surface area contributed by atoms with Crippen molar-refractivity contribution in [1.29, 1.82) is 0 Å². The van der Waals surface area contributed by atoms with Crippen molar-refractivity contribution in [2.75, 3.05) is 0 Å². The van der Waals surface area contributed by atoms with Crippen LogP contribution in [-0.4, -0.2) is 0 Å². The maximum atomic E-state index is 2.00. The summed E-state index contributed by atoms with van der Waals surface area (Å²) in [6.45, 7) is 4.00. The molecular formula is C4H12W3. The topological polar surface area (TPSA) is 0 Å². The van der Waals surface area contributed by atoms with Gasteiger partial charge in [0.15, 0.2) is 0 Å². The first kappa shape index (κ1) is 62.8. The Kier molecular flexibility index (Phi) is 847. The maximum Gasteiger partial charge on any atom is 2.00 e. The number of hydrogen-bond donors (Lipinski definition) is 0. The van der Waals surface area contributed by atoms with Crippen LogP contribution in [0.3, 0.4) is 0 Å². The van der Waals surface area contributed by atoms with E-state index >= 15 is 0 Å². The molecule has 0 bridgehead atoms. The molecule has 46 valence electrons. The summed E-state index contributed by atoms with van der Waals surface area (Å²) in [6.07, 6.45) is 0. The van der Waals surface area contributed by atoms with E-state index in [-0.39, 0.29) is 78.0 Å². The number of hydrogen-bond acceptors (Lipinski definition) is 0. The van der Waals surface area contributed by atoms with Crippen molar-refractivity contribution in [3.05, 3.63) is 14.9 Å². The summed E-state index contributed by atoms with van der Waals surface area (Å²) in [5, 5.41) is 0. The van der Waals surface area contributed by atoms with E-state index in [1.165, 1.54) is 0 Å². The third kappa shape index (κ3) is 69.6. The van der Waals surface area contributed by atoms with Gasteiger partial charge < -0.3 is 14.9 Å². The van der Waals surface area contributed by atoms with Crippen LogP contribution < -0.4 is 0 Å². The Bertz CT molecular complexity index is 6.90. The van der Waals surface area contributed by atoms with Gasteiger partial charge in [-0.15, -0.1) is 0 Å². The van der Waals surface area contributed by atoms with Crippen LogP contribution in [0.15, 0.2) is 0 Å². The van der Waals surface area contributed by atoms with E-state index in [1.807, 2.05) is 13.8 Å². The summed E-state index contributed by atoms with van der Waals surface area (Å²) < 4.78 is 0. The molecule has 0 fully saturated rings. The van der Waals surface area contributed by atoms with E-state index in [4.69, 9.17) is 0 Å². The molecule has 0 aromatic heterocycles. The second-order valence-electron chi connectivity index (χ2n) is 0. The van der Waals surface area contributed by atoms with Crippen LogP contribution in [-0.2, 0) is 63.2 Å². The molecular weight excluding hydrogens is 600 g/mol. The molecule has 0 unspecified atom stereocenters. The van der Waals surface area contributed by atoms with Gasteiger partial charge in [0, 0.05) is 42.1 Å². The Morgan fingerprint density at radius 2 is 0.714 bits per heavy atom. The van der Waals surface area contributed by atoms with Gasteiger partial charge in [-0.25, -0.2) is 0 Å². The first-order valence-electron chi connectivity index (χ1n) is 1.00. The van der Waals surface area contributed by atoms with Crippen molar-refractivity contribution in [2.45, 2.75) is 13.8 Å². The predicted octanol–water partition coefficient (Wildman–Crippen LogP) is 1.92. The Labute approximate surface area is 91.0 Å². The van der Waals surface area contributed by atoms with Crippen molar-refractivity contribution < 1.29 is 63.2 Å². The summed E-state index contributed by atoms with van der Waals surface area (Å²) in [5.74, 6) is 0. The molecule has 0 amide bonds. The quantitative estimate of drug-likeness (QED) is 0.368. The first-order valence-corrected chi connectivity index (χ1v) is 1.00.